The van der Waals surface area contributed by atoms with Crippen molar-refractivity contribution >= 4 is 29.4 Å². The van der Waals surface area contributed by atoms with Gasteiger partial charge in [-0.3, -0.25) is 9.59 Å². The highest BCUT2D eigenvalue weighted by Crippen LogP contribution is 2.28. The largest absolute Gasteiger partial charge is 0.466 e. The van der Waals surface area contributed by atoms with Gasteiger partial charge < -0.3 is 14.4 Å². The van der Waals surface area contributed by atoms with Crippen LogP contribution >= 0.6 is 11.6 Å². The summed E-state index contributed by atoms with van der Waals surface area (Å²) in [6, 6.07) is 7.23. The minimum atomic E-state index is -0.498. The van der Waals surface area contributed by atoms with Gasteiger partial charge in [-0.2, -0.15) is 0 Å². The zero-order chi connectivity index (χ0) is 19.1. The molecule has 1 aromatic carbocycles. The van der Waals surface area contributed by atoms with Gasteiger partial charge in [-0.15, -0.1) is 0 Å². The number of hydrogen-bond acceptors (Lipinski definition) is 5. The fourth-order valence-corrected chi connectivity index (χ4v) is 3.41. The molecular weight excluding hydrogens is 358 g/mol. The van der Waals surface area contributed by atoms with E-state index in [2.05, 4.69) is 0 Å². The summed E-state index contributed by atoms with van der Waals surface area (Å²) >= 11 is 5.92. The minimum Gasteiger partial charge on any atom is -0.466 e. The maximum Gasteiger partial charge on any atom is 0.409 e. The third kappa shape index (κ3) is 5.46. The van der Waals surface area contributed by atoms with E-state index in [-0.39, 0.29) is 30.8 Å². The van der Waals surface area contributed by atoms with E-state index in [9.17, 15) is 14.4 Å². The second kappa shape index (κ2) is 9.57. The lowest BCUT2D eigenvalue weighted by Gasteiger charge is -2.38. The average molecular weight is 382 g/mol. The predicted molar refractivity (Wildman–Crippen MR) is 97.0 cm³/mol. The Hall–Kier alpha value is -2.08. The summed E-state index contributed by atoms with van der Waals surface area (Å²) in [5.41, 5.74) is 1.02. The number of Topliss-reactive ketones (excluding diaryl/α,β-unsaturated/α-hetero) is 1. The van der Waals surface area contributed by atoms with Crippen LogP contribution in [0.5, 0.6) is 0 Å². The van der Waals surface area contributed by atoms with E-state index in [4.69, 9.17) is 21.1 Å². The van der Waals surface area contributed by atoms with Gasteiger partial charge in [-0.25, -0.2) is 4.79 Å². The highest BCUT2D eigenvalue weighted by atomic mass is 35.5. The number of amides is 1. The first kappa shape index (κ1) is 20.2. The number of methoxy groups -OCH3 is 1. The third-order valence-corrected chi connectivity index (χ3v) is 4.84. The molecule has 0 unspecified atom stereocenters. The molecule has 1 heterocycles. The molecule has 1 saturated heterocycles. The highest BCUT2D eigenvalue weighted by molar-refractivity contribution is 6.30. The average Bonchev–Trinajstić information content (AvgIpc) is 2.63. The Labute approximate surface area is 158 Å². The van der Waals surface area contributed by atoms with Crippen LogP contribution in [-0.4, -0.2) is 49.0 Å². The zero-order valence-electron chi connectivity index (χ0n) is 15.1. The number of carbonyl (C=O) groups is 3. The lowest BCUT2D eigenvalue weighted by Crippen LogP contribution is -2.48. The lowest BCUT2D eigenvalue weighted by atomic mass is 9.84. The summed E-state index contributed by atoms with van der Waals surface area (Å²) in [5, 5.41) is 0.643. The Bertz CT molecular complexity index is 646. The molecule has 2 atom stereocenters. The van der Waals surface area contributed by atoms with Crippen LogP contribution in [0.2, 0.25) is 5.02 Å². The summed E-state index contributed by atoms with van der Waals surface area (Å²) in [7, 11) is 1.35. The normalized spacial score (nSPS) is 19.7. The smallest absolute Gasteiger partial charge is 0.409 e. The molecule has 6 nitrogen and oxygen atoms in total. The van der Waals surface area contributed by atoms with Gasteiger partial charge in [0.2, 0.25) is 0 Å². The molecule has 1 aliphatic rings. The number of ether oxygens (including phenoxy) is 2. The molecule has 2 rings (SSSR count). The maximum atomic E-state index is 12.4. The molecule has 1 aliphatic heterocycles. The lowest BCUT2D eigenvalue weighted by molar-refractivity contribution is -0.146. The summed E-state index contributed by atoms with van der Waals surface area (Å²) in [5.74, 6) is -0.895. The fourth-order valence-electron chi connectivity index (χ4n) is 3.29. The van der Waals surface area contributed by atoms with Crippen molar-refractivity contribution < 1.29 is 23.9 Å². The van der Waals surface area contributed by atoms with Crippen LogP contribution in [0.3, 0.4) is 0 Å². The summed E-state index contributed by atoms with van der Waals surface area (Å²) in [6.45, 7) is 2.38. The van der Waals surface area contributed by atoms with Crippen molar-refractivity contribution in [3.05, 3.63) is 34.9 Å². The summed E-state index contributed by atoms with van der Waals surface area (Å²) in [6.07, 6.45) is 0.987. The number of halogens is 1. The molecule has 0 spiro atoms. The molecule has 142 valence electrons. The molecule has 1 fully saturated rings. The Morgan fingerprint density at radius 3 is 2.54 bits per heavy atom. The number of ketones is 1. The molecule has 1 amide bonds. The Morgan fingerprint density at radius 2 is 1.92 bits per heavy atom. The van der Waals surface area contributed by atoms with E-state index in [1.165, 1.54) is 7.11 Å². The molecule has 0 aromatic heterocycles. The van der Waals surface area contributed by atoms with E-state index in [0.717, 1.165) is 5.56 Å². The number of likely N-dealkylation sites (tertiary alicyclic amines) is 1. The van der Waals surface area contributed by atoms with E-state index < -0.39 is 12.1 Å². The number of carbonyl (C=O) groups excluding carboxylic acids is 3. The molecule has 0 bridgehead atoms. The van der Waals surface area contributed by atoms with Gasteiger partial charge in [0, 0.05) is 23.5 Å². The molecule has 0 N–H and O–H groups in total. The molecule has 7 heteroatoms. The van der Waals surface area contributed by atoms with Crippen molar-refractivity contribution in [3.63, 3.8) is 0 Å². The maximum absolute atomic E-state index is 12.4. The number of benzene rings is 1. The number of rotatable bonds is 6. The molecule has 0 aliphatic carbocycles. The minimum absolute atomic E-state index is 0.130. The van der Waals surface area contributed by atoms with Crippen molar-refractivity contribution in [3.8, 4) is 0 Å². The van der Waals surface area contributed by atoms with Crippen LogP contribution in [0.25, 0.3) is 0 Å². The van der Waals surface area contributed by atoms with Crippen LogP contribution in [-0.2, 0) is 25.5 Å². The van der Waals surface area contributed by atoms with E-state index in [1.54, 1.807) is 24.0 Å². The van der Waals surface area contributed by atoms with Crippen LogP contribution < -0.4 is 0 Å². The Balaban J connectivity index is 2.08. The van der Waals surface area contributed by atoms with Crippen molar-refractivity contribution in [2.45, 2.75) is 38.6 Å². The molecule has 0 radical (unpaired) electrons. The van der Waals surface area contributed by atoms with Gasteiger partial charge >= 0.3 is 12.1 Å². The van der Waals surface area contributed by atoms with E-state index >= 15 is 0 Å². The van der Waals surface area contributed by atoms with Crippen LogP contribution in [0.1, 0.15) is 31.7 Å². The van der Waals surface area contributed by atoms with Crippen molar-refractivity contribution in [2.75, 3.05) is 20.3 Å². The fraction of sp³-hybridized carbons (Fsp3) is 0.526. The summed E-state index contributed by atoms with van der Waals surface area (Å²) < 4.78 is 9.73. The second-order valence-electron chi connectivity index (χ2n) is 6.32. The number of nitrogens with zero attached hydrogens (tertiary/aromatic N) is 1. The van der Waals surface area contributed by atoms with Gasteiger partial charge in [0.15, 0.2) is 0 Å². The van der Waals surface area contributed by atoms with E-state index in [0.29, 0.717) is 30.8 Å². The third-order valence-electron chi connectivity index (χ3n) is 4.59. The first-order valence-electron chi connectivity index (χ1n) is 8.72. The standard InChI is InChI=1S/C19H24ClNO5/c1-3-26-18(23)12-17(22)14-8-9-21(19(24)25-2)16(11-14)10-13-4-6-15(20)7-5-13/h4-7,14,16H,3,8-12H2,1-2H3/t14-,16+/m1/s1. The first-order chi connectivity index (χ1) is 12.4. The SMILES string of the molecule is CCOC(=O)CC(=O)[C@@H]1CCN(C(=O)OC)[C@@H](Cc2ccc(Cl)cc2)C1. The Kier molecular flexibility index (Phi) is 7.45. The van der Waals surface area contributed by atoms with Gasteiger partial charge in [0.25, 0.3) is 0 Å². The predicted octanol–water partition coefficient (Wildman–Crippen LogP) is 3.25. The Morgan fingerprint density at radius 1 is 1.23 bits per heavy atom. The monoisotopic (exact) mass is 381 g/mol. The second-order valence-corrected chi connectivity index (χ2v) is 6.75. The number of hydrogen-bond donors (Lipinski definition) is 0. The van der Waals surface area contributed by atoms with Crippen molar-refractivity contribution in [1.82, 2.24) is 4.90 Å². The van der Waals surface area contributed by atoms with Crippen LogP contribution in [0, 0.1) is 5.92 Å². The van der Waals surface area contributed by atoms with Gasteiger partial charge in [0.05, 0.1) is 13.7 Å². The zero-order valence-corrected chi connectivity index (χ0v) is 15.8. The molecular formula is C19H24ClNO5. The first-order valence-corrected chi connectivity index (χ1v) is 9.09. The summed E-state index contributed by atoms with van der Waals surface area (Å²) in [4.78, 5) is 37.7. The van der Waals surface area contributed by atoms with Gasteiger partial charge in [-0.1, -0.05) is 23.7 Å². The van der Waals surface area contributed by atoms with Crippen molar-refractivity contribution in [2.24, 2.45) is 5.92 Å². The highest BCUT2D eigenvalue weighted by Gasteiger charge is 2.35. The van der Waals surface area contributed by atoms with Crippen LogP contribution in [0.4, 0.5) is 4.79 Å². The molecule has 0 saturated carbocycles. The quantitative estimate of drug-likeness (QED) is 0.558. The van der Waals surface area contributed by atoms with Crippen molar-refractivity contribution in [1.29, 1.82) is 0 Å². The van der Waals surface area contributed by atoms with E-state index in [1.807, 2.05) is 12.1 Å². The van der Waals surface area contributed by atoms with Gasteiger partial charge in [0.1, 0.15) is 12.2 Å². The number of piperidine rings is 1. The topological polar surface area (TPSA) is 72.9 Å². The van der Waals surface area contributed by atoms with Crippen LogP contribution in [0.15, 0.2) is 24.3 Å². The number of esters is 1. The molecule has 1 aromatic rings. The molecule has 26 heavy (non-hydrogen) atoms. The van der Waals surface area contributed by atoms with Gasteiger partial charge in [-0.05, 0) is 43.9 Å².